The van der Waals surface area contributed by atoms with Crippen molar-refractivity contribution in [1.29, 1.82) is 0 Å². The molecule has 3 rings (SSSR count). The number of aromatic nitrogens is 1. The largest absolute Gasteiger partial charge is 0.497 e. The number of fused-ring (bicyclic) bond motifs is 1. The molecule has 1 aliphatic carbocycles. The molecule has 1 aliphatic rings. The Morgan fingerprint density at radius 2 is 1.95 bits per heavy atom. The first-order valence-electron chi connectivity index (χ1n) is 6.51. The molecule has 1 aromatic heterocycles. The van der Waals surface area contributed by atoms with E-state index in [0.29, 0.717) is 5.92 Å². The molecule has 0 bridgehead atoms. The van der Waals surface area contributed by atoms with Gasteiger partial charge in [0.05, 0.1) is 14.2 Å². The summed E-state index contributed by atoms with van der Waals surface area (Å²) >= 11 is 0. The highest BCUT2D eigenvalue weighted by Gasteiger charge is 2.26. The molecule has 1 fully saturated rings. The highest BCUT2D eigenvalue weighted by Crippen LogP contribution is 2.42. The van der Waals surface area contributed by atoms with E-state index in [4.69, 9.17) is 14.5 Å². The molecular weight excluding hydrogens is 240 g/mol. The molecular formula is C15H18N2O2. The van der Waals surface area contributed by atoms with Crippen molar-refractivity contribution in [3.63, 3.8) is 0 Å². The Balaban J connectivity index is 2.28. The fraction of sp³-hybridized carbons (Fsp3) is 0.400. The summed E-state index contributed by atoms with van der Waals surface area (Å²) in [5.74, 6) is 2.15. The maximum Gasteiger partial charge on any atom is 0.148 e. The lowest BCUT2D eigenvalue weighted by atomic mass is 10.1. The summed E-state index contributed by atoms with van der Waals surface area (Å²) < 4.78 is 10.8. The van der Waals surface area contributed by atoms with Crippen LogP contribution in [-0.4, -0.2) is 26.3 Å². The molecule has 0 aliphatic heterocycles. The molecule has 0 saturated heterocycles. The van der Waals surface area contributed by atoms with Crippen molar-refractivity contribution in [3.8, 4) is 11.5 Å². The number of rotatable bonds is 4. The number of anilines is 1. The van der Waals surface area contributed by atoms with Crippen LogP contribution in [0.1, 0.15) is 24.5 Å². The van der Waals surface area contributed by atoms with Gasteiger partial charge in [-0.2, -0.15) is 0 Å². The molecule has 0 unspecified atom stereocenters. The van der Waals surface area contributed by atoms with Crippen LogP contribution in [0.2, 0.25) is 0 Å². The van der Waals surface area contributed by atoms with Gasteiger partial charge in [-0.25, -0.2) is 4.98 Å². The summed E-state index contributed by atoms with van der Waals surface area (Å²) in [5, 5.41) is 4.28. The van der Waals surface area contributed by atoms with E-state index in [9.17, 15) is 0 Å². The monoisotopic (exact) mass is 258 g/mol. The minimum Gasteiger partial charge on any atom is -0.497 e. The van der Waals surface area contributed by atoms with E-state index < -0.39 is 0 Å². The zero-order valence-electron chi connectivity index (χ0n) is 11.5. The predicted molar refractivity (Wildman–Crippen MR) is 76.4 cm³/mol. The molecule has 4 heteroatoms. The highest BCUT2D eigenvalue weighted by atomic mass is 16.5. The van der Waals surface area contributed by atoms with Crippen LogP contribution < -0.4 is 14.8 Å². The van der Waals surface area contributed by atoms with Crippen molar-refractivity contribution in [1.82, 2.24) is 4.98 Å². The maximum absolute atomic E-state index is 5.45. The summed E-state index contributed by atoms with van der Waals surface area (Å²) in [6, 6.07) is 6.01. The Morgan fingerprint density at radius 1 is 1.16 bits per heavy atom. The van der Waals surface area contributed by atoms with E-state index in [-0.39, 0.29) is 0 Å². The van der Waals surface area contributed by atoms with Crippen LogP contribution >= 0.6 is 0 Å². The second-order valence-electron chi connectivity index (χ2n) is 4.84. The van der Waals surface area contributed by atoms with Crippen molar-refractivity contribution in [2.75, 3.05) is 26.6 Å². The molecule has 4 nitrogen and oxygen atoms in total. The van der Waals surface area contributed by atoms with Crippen molar-refractivity contribution in [3.05, 3.63) is 23.9 Å². The van der Waals surface area contributed by atoms with Gasteiger partial charge in [0.25, 0.3) is 0 Å². The Hall–Kier alpha value is -1.97. The van der Waals surface area contributed by atoms with Crippen LogP contribution in [0.25, 0.3) is 10.9 Å². The smallest absolute Gasteiger partial charge is 0.148 e. The summed E-state index contributed by atoms with van der Waals surface area (Å²) in [7, 11) is 5.25. The molecule has 1 saturated carbocycles. The second kappa shape index (κ2) is 4.61. The van der Waals surface area contributed by atoms with Gasteiger partial charge in [0.2, 0.25) is 0 Å². The van der Waals surface area contributed by atoms with Gasteiger partial charge in [0.15, 0.2) is 0 Å². The van der Waals surface area contributed by atoms with Crippen LogP contribution in [0, 0.1) is 0 Å². The van der Waals surface area contributed by atoms with Gasteiger partial charge < -0.3 is 14.8 Å². The van der Waals surface area contributed by atoms with E-state index in [0.717, 1.165) is 33.8 Å². The molecule has 0 spiro atoms. The number of nitrogens with zero attached hydrogens (tertiary/aromatic N) is 1. The van der Waals surface area contributed by atoms with Crippen LogP contribution in [0.4, 0.5) is 5.69 Å². The highest BCUT2D eigenvalue weighted by molar-refractivity contribution is 5.96. The topological polar surface area (TPSA) is 43.4 Å². The van der Waals surface area contributed by atoms with E-state index >= 15 is 0 Å². The Labute approximate surface area is 112 Å². The van der Waals surface area contributed by atoms with Crippen LogP contribution in [0.5, 0.6) is 11.5 Å². The second-order valence-corrected chi connectivity index (χ2v) is 4.84. The summed E-state index contributed by atoms with van der Waals surface area (Å²) in [6.07, 6.45) is 2.47. The summed E-state index contributed by atoms with van der Waals surface area (Å²) in [5.41, 5.74) is 3.13. The number of benzene rings is 1. The number of methoxy groups -OCH3 is 2. The first-order valence-corrected chi connectivity index (χ1v) is 6.51. The third-order valence-electron chi connectivity index (χ3n) is 3.59. The molecule has 1 heterocycles. The number of hydrogen-bond donors (Lipinski definition) is 1. The number of hydrogen-bond acceptors (Lipinski definition) is 4. The Kier molecular flexibility index (Phi) is 2.93. The zero-order chi connectivity index (χ0) is 13.4. The molecule has 1 N–H and O–H groups in total. The molecule has 0 atom stereocenters. The van der Waals surface area contributed by atoms with Gasteiger partial charge in [0.1, 0.15) is 17.0 Å². The predicted octanol–water partition coefficient (Wildman–Crippen LogP) is 3.17. The SMILES string of the molecule is CNc1cc(C2CC2)nc2c(OC)cc(OC)cc12. The molecule has 0 radical (unpaired) electrons. The average Bonchev–Trinajstić information content (AvgIpc) is 3.29. The summed E-state index contributed by atoms with van der Waals surface area (Å²) in [4.78, 5) is 4.77. The van der Waals surface area contributed by atoms with Crippen molar-refractivity contribution >= 4 is 16.6 Å². The van der Waals surface area contributed by atoms with Gasteiger partial charge >= 0.3 is 0 Å². The lowest BCUT2D eigenvalue weighted by Crippen LogP contribution is -1.98. The van der Waals surface area contributed by atoms with Gasteiger partial charge in [-0.15, -0.1) is 0 Å². The zero-order valence-corrected chi connectivity index (χ0v) is 11.5. The molecule has 19 heavy (non-hydrogen) atoms. The number of ether oxygens (including phenoxy) is 2. The van der Waals surface area contributed by atoms with Crippen LogP contribution in [0.3, 0.4) is 0 Å². The first-order chi connectivity index (χ1) is 9.26. The third-order valence-corrected chi connectivity index (χ3v) is 3.59. The normalized spacial score (nSPS) is 14.5. The lowest BCUT2D eigenvalue weighted by molar-refractivity contribution is 0.397. The lowest BCUT2D eigenvalue weighted by Gasteiger charge is -2.13. The Bertz CT molecular complexity index is 621. The Morgan fingerprint density at radius 3 is 2.53 bits per heavy atom. The van der Waals surface area contributed by atoms with E-state index in [1.165, 1.54) is 12.8 Å². The van der Waals surface area contributed by atoms with Gasteiger partial charge in [-0.3, -0.25) is 0 Å². The van der Waals surface area contributed by atoms with Crippen molar-refractivity contribution < 1.29 is 9.47 Å². The average molecular weight is 258 g/mol. The molecule has 2 aromatic rings. The van der Waals surface area contributed by atoms with Gasteiger partial charge in [-0.05, 0) is 25.0 Å². The molecule has 0 amide bonds. The maximum atomic E-state index is 5.45. The van der Waals surface area contributed by atoms with E-state index in [2.05, 4.69) is 11.4 Å². The minimum atomic E-state index is 0.614. The van der Waals surface area contributed by atoms with E-state index in [1.807, 2.05) is 19.2 Å². The quantitative estimate of drug-likeness (QED) is 0.914. The van der Waals surface area contributed by atoms with Gasteiger partial charge in [0, 0.05) is 35.8 Å². The van der Waals surface area contributed by atoms with Crippen molar-refractivity contribution in [2.24, 2.45) is 0 Å². The van der Waals surface area contributed by atoms with Crippen molar-refractivity contribution in [2.45, 2.75) is 18.8 Å². The van der Waals surface area contributed by atoms with Crippen LogP contribution in [0.15, 0.2) is 18.2 Å². The summed E-state index contributed by atoms with van der Waals surface area (Å²) in [6.45, 7) is 0. The number of pyridine rings is 1. The molecule has 100 valence electrons. The molecule has 1 aromatic carbocycles. The number of nitrogens with one attached hydrogen (secondary N) is 1. The fourth-order valence-electron chi connectivity index (χ4n) is 2.36. The fourth-order valence-corrected chi connectivity index (χ4v) is 2.36. The van der Waals surface area contributed by atoms with Crippen LogP contribution in [-0.2, 0) is 0 Å². The minimum absolute atomic E-state index is 0.614. The third kappa shape index (κ3) is 2.07. The first kappa shape index (κ1) is 12.1. The standard InChI is InChI=1S/C15H18N2O2/c1-16-13-8-12(9-4-5-9)17-15-11(13)6-10(18-2)7-14(15)19-3/h6-9H,4-5H2,1-3H3,(H,16,17). The van der Waals surface area contributed by atoms with Gasteiger partial charge in [-0.1, -0.05) is 0 Å². The van der Waals surface area contributed by atoms with E-state index in [1.54, 1.807) is 14.2 Å².